The van der Waals surface area contributed by atoms with Crippen molar-refractivity contribution in [2.45, 2.75) is 49.8 Å². The lowest BCUT2D eigenvalue weighted by molar-refractivity contribution is -0.121. The minimum absolute atomic E-state index is 0.0547. The van der Waals surface area contributed by atoms with Crippen LogP contribution in [0.5, 0.6) is 5.75 Å². The van der Waals surface area contributed by atoms with E-state index < -0.39 is 10.0 Å². The van der Waals surface area contributed by atoms with Crippen LogP contribution >= 0.6 is 0 Å². The van der Waals surface area contributed by atoms with E-state index in [1.54, 1.807) is 24.3 Å². The van der Waals surface area contributed by atoms with Gasteiger partial charge in [-0.2, -0.15) is 0 Å². The lowest BCUT2D eigenvalue weighted by atomic mass is 10.1. The Morgan fingerprint density at radius 2 is 1.55 bits per heavy atom. The van der Waals surface area contributed by atoms with E-state index in [9.17, 15) is 13.2 Å². The Morgan fingerprint density at radius 1 is 0.879 bits per heavy atom. The number of nitrogens with one attached hydrogen (secondary N) is 2. The number of carbonyl (C=O) groups is 1. The van der Waals surface area contributed by atoms with E-state index in [-0.39, 0.29) is 16.8 Å². The molecule has 33 heavy (non-hydrogen) atoms. The Morgan fingerprint density at radius 3 is 2.24 bits per heavy atom. The Balaban J connectivity index is 1.25. The molecule has 0 aromatic heterocycles. The fourth-order valence-electron chi connectivity index (χ4n) is 3.41. The van der Waals surface area contributed by atoms with Gasteiger partial charge in [-0.25, -0.2) is 13.1 Å². The van der Waals surface area contributed by atoms with Gasteiger partial charge in [0.05, 0.1) is 4.90 Å². The highest BCUT2D eigenvalue weighted by molar-refractivity contribution is 7.89. The number of carbonyl (C=O) groups excluding carboxylic acids is 1. The Kier molecular flexibility index (Phi) is 7.42. The molecule has 0 heterocycles. The quantitative estimate of drug-likeness (QED) is 0.450. The molecule has 1 fully saturated rings. The summed E-state index contributed by atoms with van der Waals surface area (Å²) in [5.74, 6) is 0.749. The second-order valence-corrected chi connectivity index (χ2v) is 9.90. The first-order valence-corrected chi connectivity index (χ1v) is 12.6. The average Bonchev–Trinajstić information content (AvgIpc) is 3.65. The number of hydrogen-bond donors (Lipinski definition) is 2. The largest absolute Gasteiger partial charge is 0.489 e. The molecule has 0 radical (unpaired) electrons. The minimum atomic E-state index is -3.45. The van der Waals surface area contributed by atoms with Crippen LogP contribution < -0.4 is 14.8 Å². The van der Waals surface area contributed by atoms with E-state index in [2.05, 4.69) is 10.0 Å². The first-order valence-electron chi connectivity index (χ1n) is 11.1. The van der Waals surface area contributed by atoms with Gasteiger partial charge in [0.1, 0.15) is 12.4 Å². The number of aryl methyl sites for hydroxylation is 1. The van der Waals surface area contributed by atoms with Crippen molar-refractivity contribution >= 4 is 15.9 Å². The molecule has 3 aromatic carbocycles. The smallest absolute Gasteiger partial charge is 0.240 e. The maximum atomic E-state index is 12.4. The topological polar surface area (TPSA) is 84.5 Å². The molecule has 1 aliphatic rings. The lowest BCUT2D eigenvalue weighted by Crippen LogP contribution is -2.25. The highest BCUT2D eigenvalue weighted by atomic mass is 32.2. The number of hydrogen-bond acceptors (Lipinski definition) is 4. The Hall–Kier alpha value is -3.16. The van der Waals surface area contributed by atoms with E-state index in [1.807, 2.05) is 54.6 Å². The molecule has 1 amide bonds. The van der Waals surface area contributed by atoms with Gasteiger partial charge in [0, 0.05) is 19.0 Å². The van der Waals surface area contributed by atoms with Gasteiger partial charge < -0.3 is 10.1 Å². The number of para-hydroxylation sites is 1. The summed E-state index contributed by atoms with van der Waals surface area (Å²) in [5.41, 5.74) is 2.96. The van der Waals surface area contributed by atoms with Crippen molar-refractivity contribution in [1.82, 2.24) is 10.0 Å². The van der Waals surface area contributed by atoms with Crippen LogP contribution in [0.3, 0.4) is 0 Å². The van der Waals surface area contributed by atoms with E-state index >= 15 is 0 Å². The molecule has 172 valence electrons. The highest BCUT2D eigenvalue weighted by Crippen LogP contribution is 2.22. The van der Waals surface area contributed by atoms with Gasteiger partial charge in [-0.15, -0.1) is 0 Å². The standard InChI is InChI=1S/C26H28N2O4S/c29-26(17-12-20-10-15-25(16-11-20)33(30,31)28-23-13-14-23)27-18-21-6-4-5-7-22(21)19-32-24-8-2-1-3-9-24/h1-11,15-16,23,28H,12-14,17-19H2,(H,27,29). The van der Waals surface area contributed by atoms with Crippen LogP contribution in [0, 0.1) is 0 Å². The summed E-state index contributed by atoms with van der Waals surface area (Å²) in [5, 5.41) is 2.97. The van der Waals surface area contributed by atoms with Crippen molar-refractivity contribution < 1.29 is 17.9 Å². The molecule has 0 atom stereocenters. The monoisotopic (exact) mass is 464 g/mol. The first kappa shape index (κ1) is 23.0. The van der Waals surface area contributed by atoms with Gasteiger partial charge in [-0.3, -0.25) is 4.79 Å². The summed E-state index contributed by atoms with van der Waals surface area (Å²) in [6, 6.07) is 24.3. The van der Waals surface area contributed by atoms with Crippen LogP contribution in [-0.2, 0) is 34.4 Å². The van der Waals surface area contributed by atoms with Crippen molar-refractivity contribution in [3.05, 3.63) is 95.6 Å². The summed E-state index contributed by atoms with van der Waals surface area (Å²) < 4.78 is 33.0. The van der Waals surface area contributed by atoms with Crippen LogP contribution in [0.25, 0.3) is 0 Å². The third-order valence-electron chi connectivity index (χ3n) is 5.51. The van der Waals surface area contributed by atoms with Crippen molar-refractivity contribution in [3.63, 3.8) is 0 Å². The van der Waals surface area contributed by atoms with Gasteiger partial charge in [0.25, 0.3) is 0 Å². The van der Waals surface area contributed by atoms with Crippen molar-refractivity contribution in [2.75, 3.05) is 0 Å². The van der Waals surface area contributed by atoms with Gasteiger partial charge in [0.15, 0.2) is 0 Å². The molecule has 6 nitrogen and oxygen atoms in total. The normalized spacial score (nSPS) is 13.5. The van der Waals surface area contributed by atoms with Gasteiger partial charge in [0.2, 0.25) is 15.9 Å². The zero-order chi connectivity index (χ0) is 23.1. The fourth-order valence-corrected chi connectivity index (χ4v) is 4.72. The van der Waals surface area contributed by atoms with Crippen molar-refractivity contribution in [3.8, 4) is 5.75 Å². The number of benzene rings is 3. The van der Waals surface area contributed by atoms with E-state index in [0.29, 0.717) is 26.0 Å². The second-order valence-electron chi connectivity index (χ2n) is 8.19. The second kappa shape index (κ2) is 10.6. The molecule has 0 aliphatic heterocycles. The molecule has 7 heteroatoms. The fraction of sp³-hybridized carbons (Fsp3) is 0.269. The average molecular weight is 465 g/mol. The third-order valence-corrected chi connectivity index (χ3v) is 7.04. The van der Waals surface area contributed by atoms with Crippen LogP contribution in [0.15, 0.2) is 83.8 Å². The molecule has 0 spiro atoms. The van der Waals surface area contributed by atoms with Crippen molar-refractivity contribution in [1.29, 1.82) is 0 Å². The van der Waals surface area contributed by atoms with E-state index in [1.165, 1.54) is 0 Å². The number of ether oxygens (including phenoxy) is 1. The minimum Gasteiger partial charge on any atom is -0.489 e. The molecule has 0 saturated heterocycles. The number of sulfonamides is 1. The van der Waals surface area contributed by atoms with E-state index in [4.69, 9.17) is 4.74 Å². The molecule has 3 aromatic rings. The van der Waals surface area contributed by atoms with Crippen LogP contribution in [-0.4, -0.2) is 20.4 Å². The summed E-state index contributed by atoms with van der Waals surface area (Å²) in [7, 11) is -3.45. The maximum absolute atomic E-state index is 12.4. The molecular formula is C26H28N2O4S. The van der Waals surface area contributed by atoms with Crippen LogP contribution in [0.1, 0.15) is 36.0 Å². The number of rotatable bonds is 11. The molecule has 1 saturated carbocycles. The third kappa shape index (κ3) is 6.91. The van der Waals surface area contributed by atoms with Crippen LogP contribution in [0.2, 0.25) is 0 Å². The lowest BCUT2D eigenvalue weighted by Gasteiger charge is -2.12. The Bertz CT molecular complexity index is 1170. The molecular weight excluding hydrogens is 436 g/mol. The molecule has 1 aliphatic carbocycles. The predicted molar refractivity (Wildman–Crippen MR) is 127 cm³/mol. The Labute approximate surface area is 195 Å². The zero-order valence-electron chi connectivity index (χ0n) is 18.4. The predicted octanol–water partition coefficient (Wildman–Crippen LogP) is 3.96. The van der Waals surface area contributed by atoms with Crippen LogP contribution in [0.4, 0.5) is 0 Å². The molecule has 2 N–H and O–H groups in total. The highest BCUT2D eigenvalue weighted by Gasteiger charge is 2.27. The SMILES string of the molecule is O=C(CCc1ccc(S(=O)(=O)NC2CC2)cc1)NCc1ccccc1COc1ccccc1. The van der Waals surface area contributed by atoms with Crippen molar-refractivity contribution in [2.24, 2.45) is 0 Å². The summed E-state index contributed by atoms with van der Waals surface area (Å²) in [6.45, 7) is 0.859. The van der Waals surface area contributed by atoms with Gasteiger partial charge in [-0.05, 0) is 60.2 Å². The molecule has 4 rings (SSSR count). The zero-order valence-corrected chi connectivity index (χ0v) is 19.2. The molecule has 0 unspecified atom stereocenters. The van der Waals surface area contributed by atoms with Gasteiger partial charge in [-0.1, -0.05) is 54.6 Å². The van der Waals surface area contributed by atoms with E-state index in [0.717, 1.165) is 35.3 Å². The maximum Gasteiger partial charge on any atom is 0.240 e. The number of amides is 1. The summed E-state index contributed by atoms with van der Waals surface area (Å²) >= 11 is 0. The summed E-state index contributed by atoms with van der Waals surface area (Å²) in [4.78, 5) is 12.6. The summed E-state index contributed by atoms with van der Waals surface area (Å²) in [6.07, 6.45) is 2.67. The van der Waals surface area contributed by atoms with Gasteiger partial charge >= 0.3 is 0 Å². The molecule has 0 bridgehead atoms. The first-order chi connectivity index (χ1) is 16.0.